The molecule has 0 aromatic carbocycles. The number of rotatable bonds is 2. The van der Waals surface area contributed by atoms with Crippen LogP contribution < -0.4 is 0 Å². The van der Waals surface area contributed by atoms with E-state index in [1.54, 1.807) is 0 Å². The van der Waals surface area contributed by atoms with Crippen molar-refractivity contribution in [2.75, 3.05) is 19.6 Å². The zero-order chi connectivity index (χ0) is 7.40. The maximum Gasteiger partial charge on any atom is 0.164 e. The van der Waals surface area contributed by atoms with Gasteiger partial charge in [-0.1, -0.05) is 6.42 Å². The van der Waals surface area contributed by atoms with Crippen molar-refractivity contribution in [2.45, 2.75) is 25.6 Å². The molecule has 1 saturated heterocycles. The second-order valence-corrected chi connectivity index (χ2v) is 2.84. The first-order chi connectivity index (χ1) is 4.79. The van der Waals surface area contributed by atoms with Crippen LogP contribution in [0.3, 0.4) is 0 Å². The Hall–Kier alpha value is -0.120. The van der Waals surface area contributed by atoms with Crippen molar-refractivity contribution >= 4 is 0 Å². The van der Waals surface area contributed by atoms with Gasteiger partial charge in [-0.2, -0.15) is 0 Å². The van der Waals surface area contributed by atoms with Gasteiger partial charge < -0.3 is 10.2 Å². The van der Waals surface area contributed by atoms with E-state index in [4.69, 9.17) is 10.2 Å². The quantitative estimate of drug-likeness (QED) is 0.528. The van der Waals surface area contributed by atoms with Crippen molar-refractivity contribution in [2.24, 2.45) is 0 Å². The first-order valence-corrected chi connectivity index (χ1v) is 3.87. The summed E-state index contributed by atoms with van der Waals surface area (Å²) in [7, 11) is 0. The molecule has 0 aliphatic carbocycles. The number of aliphatic hydroxyl groups is 2. The van der Waals surface area contributed by atoms with Crippen LogP contribution >= 0.6 is 0 Å². The molecule has 0 aromatic rings. The molecule has 0 radical (unpaired) electrons. The summed E-state index contributed by atoms with van der Waals surface area (Å²) < 4.78 is 0. The van der Waals surface area contributed by atoms with Gasteiger partial charge in [-0.3, -0.25) is 4.90 Å². The lowest BCUT2D eigenvalue weighted by molar-refractivity contribution is -0.0635. The number of hydrogen-bond donors (Lipinski definition) is 2. The molecule has 1 aliphatic rings. The van der Waals surface area contributed by atoms with Gasteiger partial charge >= 0.3 is 0 Å². The lowest BCUT2D eigenvalue weighted by atomic mass is 10.1. The molecule has 1 fully saturated rings. The second kappa shape index (κ2) is 3.91. The molecule has 1 heterocycles. The van der Waals surface area contributed by atoms with Gasteiger partial charge in [-0.05, 0) is 25.9 Å². The zero-order valence-electron chi connectivity index (χ0n) is 6.16. The number of piperidine rings is 1. The first-order valence-electron chi connectivity index (χ1n) is 3.87. The lowest BCUT2D eigenvalue weighted by Crippen LogP contribution is -2.36. The lowest BCUT2D eigenvalue weighted by Gasteiger charge is -2.26. The molecule has 3 heteroatoms. The van der Waals surface area contributed by atoms with Crippen LogP contribution in [0.4, 0.5) is 0 Å². The predicted molar refractivity (Wildman–Crippen MR) is 38.5 cm³/mol. The highest BCUT2D eigenvalue weighted by Gasteiger charge is 2.11. The number of nitrogens with zero attached hydrogens (tertiary/aromatic N) is 1. The Bertz CT molecular complexity index is 89.6. The van der Waals surface area contributed by atoms with E-state index in [2.05, 4.69) is 4.90 Å². The number of β-amino-alcohol motifs (C(OH)–C–C–N with tert-alkyl or cyclic N) is 2. The fraction of sp³-hybridized carbons (Fsp3) is 1.00. The molecule has 0 unspecified atom stereocenters. The monoisotopic (exact) mass is 145 g/mol. The average Bonchev–Trinajstić information content (AvgIpc) is 1.88. The summed E-state index contributed by atoms with van der Waals surface area (Å²) in [5.74, 6) is 0. The fourth-order valence-corrected chi connectivity index (χ4v) is 1.37. The van der Waals surface area contributed by atoms with Gasteiger partial charge in [0.25, 0.3) is 0 Å². The zero-order valence-corrected chi connectivity index (χ0v) is 6.16. The molecule has 3 nitrogen and oxygen atoms in total. The fourth-order valence-electron chi connectivity index (χ4n) is 1.37. The molecule has 1 aliphatic heterocycles. The summed E-state index contributed by atoms with van der Waals surface area (Å²) in [6, 6.07) is 0. The van der Waals surface area contributed by atoms with E-state index >= 15 is 0 Å². The van der Waals surface area contributed by atoms with Crippen LogP contribution in [0.2, 0.25) is 0 Å². The first kappa shape index (κ1) is 7.98. The van der Waals surface area contributed by atoms with E-state index in [0.717, 1.165) is 13.1 Å². The van der Waals surface area contributed by atoms with Gasteiger partial charge in [-0.25, -0.2) is 0 Å². The van der Waals surface area contributed by atoms with Gasteiger partial charge in [0.2, 0.25) is 0 Å². The standard InChI is InChI=1S/C7H15NO2/c9-7(10)6-8-4-2-1-3-5-8/h7,9-10H,1-6H2. The Morgan fingerprint density at radius 2 is 1.70 bits per heavy atom. The van der Waals surface area contributed by atoms with Crippen LogP contribution in [0.25, 0.3) is 0 Å². The summed E-state index contributed by atoms with van der Waals surface area (Å²) >= 11 is 0. The topological polar surface area (TPSA) is 43.7 Å². The third kappa shape index (κ3) is 2.64. The molecule has 0 amide bonds. The van der Waals surface area contributed by atoms with E-state index in [1.807, 2.05) is 0 Å². The van der Waals surface area contributed by atoms with Crippen LogP contribution in [-0.4, -0.2) is 41.0 Å². The Morgan fingerprint density at radius 3 is 2.20 bits per heavy atom. The highest BCUT2D eigenvalue weighted by atomic mass is 16.5. The Labute approximate surface area is 61.3 Å². The van der Waals surface area contributed by atoms with Crippen molar-refractivity contribution in [1.29, 1.82) is 0 Å². The molecule has 0 bridgehead atoms. The minimum atomic E-state index is -1.15. The van der Waals surface area contributed by atoms with Crippen LogP contribution in [0, 0.1) is 0 Å². The normalized spacial score (nSPS) is 21.9. The Morgan fingerprint density at radius 1 is 1.10 bits per heavy atom. The molecule has 0 atom stereocenters. The molecular weight excluding hydrogens is 130 g/mol. The van der Waals surface area contributed by atoms with Crippen molar-refractivity contribution in [3.8, 4) is 0 Å². The van der Waals surface area contributed by atoms with Gasteiger partial charge in [0, 0.05) is 6.54 Å². The van der Waals surface area contributed by atoms with Crippen LogP contribution in [0.15, 0.2) is 0 Å². The summed E-state index contributed by atoms with van der Waals surface area (Å²) in [4.78, 5) is 2.09. The third-order valence-electron chi connectivity index (χ3n) is 1.87. The molecule has 0 spiro atoms. The van der Waals surface area contributed by atoms with E-state index in [9.17, 15) is 0 Å². The van der Waals surface area contributed by atoms with E-state index in [0.29, 0.717) is 6.54 Å². The summed E-state index contributed by atoms with van der Waals surface area (Å²) in [5, 5.41) is 17.2. The molecule has 2 N–H and O–H groups in total. The van der Waals surface area contributed by atoms with E-state index in [-0.39, 0.29) is 0 Å². The molecule has 1 rings (SSSR count). The molecule has 60 valence electrons. The second-order valence-electron chi connectivity index (χ2n) is 2.84. The van der Waals surface area contributed by atoms with Crippen LogP contribution in [0.5, 0.6) is 0 Å². The van der Waals surface area contributed by atoms with Crippen molar-refractivity contribution in [3.05, 3.63) is 0 Å². The van der Waals surface area contributed by atoms with E-state index < -0.39 is 6.29 Å². The highest BCUT2D eigenvalue weighted by Crippen LogP contribution is 2.07. The van der Waals surface area contributed by atoms with Crippen molar-refractivity contribution in [1.82, 2.24) is 4.90 Å². The smallest absolute Gasteiger partial charge is 0.164 e. The summed E-state index contributed by atoms with van der Waals surface area (Å²) in [5.41, 5.74) is 0. The summed E-state index contributed by atoms with van der Waals surface area (Å²) in [6.07, 6.45) is 2.54. The van der Waals surface area contributed by atoms with Gasteiger partial charge in [0.15, 0.2) is 6.29 Å². The Kier molecular flexibility index (Phi) is 3.12. The van der Waals surface area contributed by atoms with Crippen LogP contribution in [-0.2, 0) is 0 Å². The summed E-state index contributed by atoms with van der Waals surface area (Å²) in [6.45, 7) is 2.47. The average molecular weight is 145 g/mol. The third-order valence-corrected chi connectivity index (χ3v) is 1.87. The van der Waals surface area contributed by atoms with Gasteiger partial charge in [0.1, 0.15) is 0 Å². The number of hydrogen-bond acceptors (Lipinski definition) is 3. The van der Waals surface area contributed by atoms with Crippen LogP contribution in [0.1, 0.15) is 19.3 Å². The highest BCUT2D eigenvalue weighted by molar-refractivity contribution is 4.64. The largest absolute Gasteiger partial charge is 0.367 e. The maximum atomic E-state index is 8.62. The number of likely N-dealkylation sites (tertiary alicyclic amines) is 1. The maximum absolute atomic E-state index is 8.62. The van der Waals surface area contributed by atoms with Crippen molar-refractivity contribution in [3.63, 3.8) is 0 Å². The van der Waals surface area contributed by atoms with Gasteiger partial charge in [0.05, 0.1) is 0 Å². The number of aliphatic hydroxyl groups excluding tert-OH is 1. The minimum Gasteiger partial charge on any atom is -0.367 e. The SMILES string of the molecule is OC(O)CN1CCCCC1. The molecular formula is C7H15NO2. The van der Waals surface area contributed by atoms with Gasteiger partial charge in [-0.15, -0.1) is 0 Å². The Balaban J connectivity index is 2.13. The van der Waals surface area contributed by atoms with E-state index in [1.165, 1.54) is 19.3 Å². The molecule has 10 heavy (non-hydrogen) atoms. The van der Waals surface area contributed by atoms with Crippen molar-refractivity contribution < 1.29 is 10.2 Å². The minimum absolute atomic E-state index is 0.417. The predicted octanol–water partition coefficient (Wildman–Crippen LogP) is -0.217. The molecule has 0 saturated carbocycles. The molecule has 0 aromatic heterocycles.